The molecule has 0 heterocycles. The zero-order valence-electron chi connectivity index (χ0n) is 24.4. The molecule has 0 aromatic heterocycles. The second-order valence-electron chi connectivity index (χ2n) is 9.76. The number of nitrogens with zero attached hydrogens (tertiary/aromatic N) is 6. The van der Waals surface area contributed by atoms with Gasteiger partial charge in [-0.3, -0.25) is 20.2 Å². The van der Waals surface area contributed by atoms with Gasteiger partial charge >= 0.3 is 16.8 Å². The number of benzene rings is 6. The second-order valence-corrected chi connectivity index (χ2v) is 10.6. The molecule has 2 N–H and O–H groups in total. The summed E-state index contributed by atoms with van der Waals surface area (Å²) >= 11 is 12.1. The Morgan fingerprint density at radius 1 is 0.551 bits per heavy atom. The smallest absolute Gasteiger partial charge is 0.871 e. The Hall–Kier alpha value is -5.87. The monoisotopic (exact) mass is 743 g/mol. The molecule has 49 heavy (non-hydrogen) atoms. The number of aromatic hydroxyl groups is 2. The molecule has 1 radical (unpaired) electrons. The first kappa shape index (κ1) is 36.0. The molecule has 6 aromatic carbocycles. The van der Waals surface area contributed by atoms with Gasteiger partial charge in [0.2, 0.25) is 0 Å². The molecule has 17 heteroatoms. The van der Waals surface area contributed by atoms with Gasteiger partial charge < -0.3 is 20.4 Å². The van der Waals surface area contributed by atoms with E-state index in [0.29, 0.717) is 31.6 Å². The molecule has 0 amide bonds. The van der Waals surface area contributed by atoms with Crippen molar-refractivity contribution in [2.24, 2.45) is 20.5 Å². The number of nitro groups is 2. The molecule has 0 saturated carbocycles. The van der Waals surface area contributed by atoms with Crippen molar-refractivity contribution >= 4 is 78.9 Å². The predicted octanol–water partition coefficient (Wildman–Crippen LogP) is 9.19. The van der Waals surface area contributed by atoms with Gasteiger partial charge in [0.15, 0.2) is 5.75 Å². The Morgan fingerprint density at radius 2 is 1.02 bits per heavy atom. The van der Waals surface area contributed by atoms with Crippen molar-refractivity contribution in [3.63, 3.8) is 0 Å². The molecule has 14 nitrogen and oxygen atoms in total. The first-order valence-electron chi connectivity index (χ1n) is 13.5. The molecule has 6 rings (SSSR count). The summed E-state index contributed by atoms with van der Waals surface area (Å²) in [6.45, 7) is 0. The van der Waals surface area contributed by atoms with Crippen molar-refractivity contribution in [1.82, 2.24) is 0 Å². The largest absolute Gasteiger partial charge is 2.00 e. The number of halogens is 2. The van der Waals surface area contributed by atoms with E-state index < -0.39 is 15.6 Å². The van der Waals surface area contributed by atoms with Gasteiger partial charge in [-0.05, 0) is 47.2 Å². The van der Waals surface area contributed by atoms with E-state index in [1.807, 2.05) is 0 Å². The van der Waals surface area contributed by atoms with Gasteiger partial charge in [-0.15, -0.1) is 10.2 Å². The van der Waals surface area contributed by atoms with E-state index in [9.17, 15) is 40.7 Å². The van der Waals surface area contributed by atoms with Crippen molar-refractivity contribution < 1.29 is 47.1 Å². The summed E-state index contributed by atoms with van der Waals surface area (Å²) in [4.78, 5) is 19.9. The average Bonchev–Trinajstić information content (AvgIpc) is 3.06. The number of phenols is 2. The van der Waals surface area contributed by atoms with Gasteiger partial charge in [-0.1, -0.05) is 71.1 Å². The van der Waals surface area contributed by atoms with Crippen molar-refractivity contribution in [2.75, 3.05) is 0 Å². The Morgan fingerprint density at radius 3 is 1.61 bits per heavy atom. The topological polar surface area (TPSA) is 222 Å². The van der Waals surface area contributed by atoms with Crippen LogP contribution in [0.3, 0.4) is 0 Å². The normalized spacial score (nSPS) is 11.0. The maximum Gasteiger partial charge on any atom is 2.00 e. The molecule has 6 aromatic rings. The van der Waals surface area contributed by atoms with Crippen LogP contribution in [0, 0.1) is 20.2 Å². The van der Waals surface area contributed by atoms with Crippen LogP contribution >= 0.6 is 23.2 Å². The van der Waals surface area contributed by atoms with E-state index in [4.69, 9.17) is 23.2 Å². The molecule has 0 aliphatic heterocycles. The van der Waals surface area contributed by atoms with Gasteiger partial charge in [0.05, 0.1) is 27.3 Å². The van der Waals surface area contributed by atoms with Gasteiger partial charge in [0.25, 0.3) is 11.4 Å². The van der Waals surface area contributed by atoms with Crippen molar-refractivity contribution in [1.29, 1.82) is 0 Å². The van der Waals surface area contributed by atoms with Gasteiger partial charge in [0.1, 0.15) is 17.1 Å². The van der Waals surface area contributed by atoms with E-state index in [1.54, 1.807) is 48.5 Å². The van der Waals surface area contributed by atoms with Gasteiger partial charge in [-0.25, -0.2) is 0 Å². The molecular formula is C32H18Cl2CoN6O8. The van der Waals surface area contributed by atoms with Crippen LogP contribution in [0.2, 0.25) is 10.0 Å². The molecule has 0 unspecified atom stereocenters. The zero-order chi connectivity index (χ0) is 34.5. The summed E-state index contributed by atoms with van der Waals surface area (Å²) in [5.74, 6) is -1.49. The fourth-order valence-corrected chi connectivity index (χ4v) is 4.83. The predicted molar refractivity (Wildman–Crippen MR) is 175 cm³/mol. The fraction of sp³-hybridized carbons (Fsp3) is 0. The van der Waals surface area contributed by atoms with E-state index >= 15 is 0 Å². The third-order valence-electron chi connectivity index (χ3n) is 6.75. The van der Waals surface area contributed by atoms with E-state index in [0.717, 1.165) is 18.2 Å². The maximum absolute atomic E-state index is 12.4. The summed E-state index contributed by atoms with van der Waals surface area (Å²) in [5, 5.41) is 83.7. The standard InChI is InChI=1S/2C16H10ClN3O4.Co/c2*17-12-3-1-2-11-10(12)5-7-14(16(11)22)19-18-13-6-4-9(20(23)24)8-15(13)21;/h2*1-8,21-22H;/q;;+2/p-2. The summed E-state index contributed by atoms with van der Waals surface area (Å²) in [6.07, 6.45) is 0. The van der Waals surface area contributed by atoms with Crippen LogP contribution in [-0.4, -0.2) is 20.1 Å². The summed E-state index contributed by atoms with van der Waals surface area (Å²) in [7, 11) is 0. The molecular weight excluding hydrogens is 726 g/mol. The number of azo groups is 2. The SMILES string of the molecule is O=[N+]([O-])c1ccc(N=Nc2ccc3c(Cl)cccc3c2O)c(O)c1.O=[N+]([O-])c1ccc(N=Nc2ccc3c(Cl)cccc3c2[O-])c([O-])c1.[Co+2]. The molecule has 0 bridgehead atoms. The molecule has 247 valence electrons. The quantitative estimate of drug-likeness (QED) is 0.0948. The third-order valence-corrected chi connectivity index (χ3v) is 7.41. The first-order chi connectivity index (χ1) is 22.9. The molecule has 0 aliphatic carbocycles. The minimum absolute atomic E-state index is 0. The number of non-ortho nitro benzene ring substituents is 2. The molecule has 0 saturated heterocycles. The second kappa shape index (κ2) is 15.4. The van der Waals surface area contributed by atoms with Crippen molar-refractivity contribution in [2.45, 2.75) is 0 Å². The van der Waals surface area contributed by atoms with E-state index in [-0.39, 0.29) is 68.2 Å². The van der Waals surface area contributed by atoms with Crippen molar-refractivity contribution in [3.8, 4) is 23.0 Å². The average molecular weight is 744 g/mol. The van der Waals surface area contributed by atoms with Gasteiger partial charge in [-0.2, -0.15) is 10.2 Å². The number of fused-ring (bicyclic) bond motifs is 2. The maximum atomic E-state index is 12.4. The van der Waals surface area contributed by atoms with Crippen LogP contribution in [0.15, 0.2) is 118 Å². The minimum Gasteiger partial charge on any atom is -0.871 e. The number of phenolic OH excluding ortho intramolecular Hbond substituents is 2. The summed E-state index contributed by atoms with van der Waals surface area (Å²) < 4.78 is 0. The molecule has 0 fully saturated rings. The number of rotatable bonds is 6. The van der Waals surface area contributed by atoms with Crippen LogP contribution in [0.1, 0.15) is 0 Å². The molecule has 0 aliphatic rings. The first-order valence-corrected chi connectivity index (χ1v) is 14.2. The van der Waals surface area contributed by atoms with Crippen LogP contribution in [0.5, 0.6) is 23.0 Å². The fourth-order valence-electron chi connectivity index (χ4n) is 4.36. The Balaban J connectivity index is 0.000000216. The Kier molecular flexibility index (Phi) is 11.3. The van der Waals surface area contributed by atoms with Gasteiger partial charge in [0, 0.05) is 39.0 Å². The van der Waals surface area contributed by atoms with Crippen LogP contribution in [0.4, 0.5) is 34.1 Å². The Bertz CT molecular complexity index is 2140. The number of hydrogen-bond donors (Lipinski definition) is 2. The molecule has 0 atom stereocenters. The van der Waals surface area contributed by atoms with E-state index in [2.05, 4.69) is 20.5 Å². The number of hydrogen-bond acceptors (Lipinski definition) is 12. The molecule has 0 spiro atoms. The third kappa shape index (κ3) is 7.99. The number of nitro benzene ring substituents is 2. The summed E-state index contributed by atoms with van der Waals surface area (Å²) in [6, 6.07) is 23.0. The zero-order valence-corrected chi connectivity index (χ0v) is 26.9. The van der Waals surface area contributed by atoms with Crippen molar-refractivity contribution in [3.05, 3.63) is 127 Å². The van der Waals surface area contributed by atoms with Crippen LogP contribution in [0.25, 0.3) is 21.5 Å². The van der Waals surface area contributed by atoms with Crippen LogP contribution < -0.4 is 10.2 Å². The minimum atomic E-state index is -0.675. The Labute approximate surface area is 295 Å². The summed E-state index contributed by atoms with van der Waals surface area (Å²) in [5.41, 5.74) is -0.402. The van der Waals surface area contributed by atoms with Crippen LogP contribution in [-0.2, 0) is 16.8 Å². The van der Waals surface area contributed by atoms with E-state index in [1.165, 1.54) is 30.3 Å².